The lowest BCUT2D eigenvalue weighted by molar-refractivity contribution is -0.140. The standard InChI is InChI=1S/C9H7F4N3O/c10-7-5(4-15-16-8(14)17)2-1-3-6(7)9(11,12)13/h1-4H,(H3,14,16,17). The van der Waals surface area contributed by atoms with Crippen LogP contribution in [0.3, 0.4) is 0 Å². The van der Waals surface area contributed by atoms with E-state index in [0.717, 1.165) is 18.3 Å². The summed E-state index contributed by atoms with van der Waals surface area (Å²) in [4.78, 5) is 10.2. The van der Waals surface area contributed by atoms with Gasteiger partial charge in [-0.25, -0.2) is 14.6 Å². The molecule has 17 heavy (non-hydrogen) atoms. The second-order valence-electron chi connectivity index (χ2n) is 2.94. The second-order valence-corrected chi connectivity index (χ2v) is 2.94. The molecule has 8 heteroatoms. The Morgan fingerprint density at radius 3 is 2.59 bits per heavy atom. The molecular weight excluding hydrogens is 242 g/mol. The first kappa shape index (κ1) is 12.9. The molecule has 0 atom stereocenters. The number of carbonyl (C=O) groups excluding carboxylic acids is 1. The van der Waals surface area contributed by atoms with E-state index in [1.807, 2.05) is 0 Å². The Balaban J connectivity index is 3.03. The summed E-state index contributed by atoms with van der Waals surface area (Å²) in [5, 5.41) is 3.17. The fourth-order valence-electron chi connectivity index (χ4n) is 1.03. The molecule has 0 spiro atoms. The van der Waals surface area contributed by atoms with Gasteiger partial charge in [-0.1, -0.05) is 12.1 Å². The normalized spacial score (nSPS) is 11.8. The molecular formula is C9H7F4N3O. The molecule has 92 valence electrons. The number of primary amides is 1. The van der Waals surface area contributed by atoms with Crippen molar-refractivity contribution in [2.45, 2.75) is 6.18 Å². The van der Waals surface area contributed by atoms with Crippen LogP contribution < -0.4 is 11.2 Å². The van der Waals surface area contributed by atoms with E-state index in [-0.39, 0.29) is 0 Å². The van der Waals surface area contributed by atoms with Crippen molar-refractivity contribution in [2.75, 3.05) is 0 Å². The van der Waals surface area contributed by atoms with Gasteiger partial charge in [-0.2, -0.15) is 18.3 Å². The molecule has 1 aromatic carbocycles. The van der Waals surface area contributed by atoms with Gasteiger partial charge in [0.1, 0.15) is 5.82 Å². The topological polar surface area (TPSA) is 67.5 Å². The lowest BCUT2D eigenvalue weighted by Crippen LogP contribution is -2.24. The Kier molecular flexibility index (Phi) is 3.66. The minimum atomic E-state index is -4.79. The number of nitrogens with one attached hydrogen (secondary N) is 1. The summed E-state index contributed by atoms with van der Waals surface area (Å²) in [5.74, 6) is -1.46. The fraction of sp³-hybridized carbons (Fsp3) is 0.111. The SMILES string of the molecule is NC(=O)NN=Cc1cccc(C(F)(F)F)c1F. The quantitative estimate of drug-likeness (QED) is 0.468. The Labute approximate surface area is 93.1 Å². The molecule has 3 N–H and O–H groups in total. The molecule has 0 unspecified atom stereocenters. The van der Waals surface area contributed by atoms with Crippen molar-refractivity contribution in [3.8, 4) is 0 Å². The number of carbonyl (C=O) groups is 1. The van der Waals surface area contributed by atoms with E-state index in [1.54, 1.807) is 5.43 Å². The van der Waals surface area contributed by atoms with Gasteiger partial charge in [-0.15, -0.1) is 0 Å². The number of nitrogens with two attached hydrogens (primary N) is 1. The number of rotatable bonds is 2. The summed E-state index contributed by atoms with van der Waals surface area (Å²) in [6.07, 6.45) is -4.06. The molecule has 0 aliphatic carbocycles. The number of hydrogen-bond acceptors (Lipinski definition) is 2. The maximum Gasteiger partial charge on any atom is 0.419 e. The molecule has 1 aromatic rings. The maximum absolute atomic E-state index is 13.3. The molecule has 2 amide bonds. The van der Waals surface area contributed by atoms with E-state index in [0.29, 0.717) is 6.07 Å². The third kappa shape index (κ3) is 3.44. The summed E-state index contributed by atoms with van der Waals surface area (Å²) in [7, 11) is 0. The highest BCUT2D eigenvalue weighted by Crippen LogP contribution is 2.31. The van der Waals surface area contributed by atoms with Crippen LogP contribution in [0.25, 0.3) is 0 Å². The van der Waals surface area contributed by atoms with Crippen molar-refractivity contribution in [3.05, 3.63) is 35.1 Å². The lowest BCUT2D eigenvalue weighted by Gasteiger charge is -2.08. The minimum Gasteiger partial charge on any atom is -0.350 e. The van der Waals surface area contributed by atoms with Crippen molar-refractivity contribution in [1.29, 1.82) is 0 Å². The van der Waals surface area contributed by atoms with E-state index in [9.17, 15) is 22.4 Å². The zero-order valence-corrected chi connectivity index (χ0v) is 8.25. The Morgan fingerprint density at radius 1 is 1.41 bits per heavy atom. The summed E-state index contributed by atoms with van der Waals surface area (Å²) in [5.41, 5.74) is 4.59. The van der Waals surface area contributed by atoms with Crippen LogP contribution in [0.1, 0.15) is 11.1 Å². The van der Waals surface area contributed by atoms with Crippen LogP contribution in [-0.2, 0) is 6.18 Å². The summed E-state index contributed by atoms with van der Waals surface area (Å²) >= 11 is 0. The summed E-state index contributed by atoms with van der Waals surface area (Å²) < 4.78 is 50.3. The van der Waals surface area contributed by atoms with E-state index in [2.05, 4.69) is 10.8 Å². The molecule has 0 saturated carbocycles. The van der Waals surface area contributed by atoms with Gasteiger partial charge in [0.15, 0.2) is 0 Å². The van der Waals surface area contributed by atoms with Crippen molar-refractivity contribution in [2.24, 2.45) is 10.8 Å². The number of hydrogen-bond donors (Lipinski definition) is 2. The summed E-state index contributed by atoms with van der Waals surface area (Å²) in [6, 6.07) is 1.70. The number of nitrogens with zero attached hydrogens (tertiary/aromatic N) is 1. The van der Waals surface area contributed by atoms with E-state index in [4.69, 9.17) is 0 Å². The van der Waals surface area contributed by atoms with Gasteiger partial charge >= 0.3 is 12.2 Å². The fourth-order valence-corrected chi connectivity index (χ4v) is 1.03. The Hall–Kier alpha value is -2.12. The number of halogens is 4. The lowest BCUT2D eigenvalue weighted by atomic mass is 10.1. The zero-order chi connectivity index (χ0) is 13.1. The molecule has 0 heterocycles. The molecule has 0 aliphatic heterocycles. The molecule has 0 bridgehead atoms. The van der Waals surface area contributed by atoms with Crippen molar-refractivity contribution in [3.63, 3.8) is 0 Å². The smallest absolute Gasteiger partial charge is 0.350 e. The monoisotopic (exact) mass is 249 g/mol. The highest BCUT2D eigenvalue weighted by atomic mass is 19.4. The summed E-state index contributed by atoms with van der Waals surface area (Å²) in [6.45, 7) is 0. The second kappa shape index (κ2) is 4.81. The number of alkyl halides is 3. The van der Waals surface area contributed by atoms with E-state index < -0.39 is 29.2 Å². The van der Waals surface area contributed by atoms with Crippen LogP contribution in [0.5, 0.6) is 0 Å². The van der Waals surface area contributed by atoms with Gasteiger partial charge in [0, 0.05) is 5.56 Å². The van der Waals surface area contributed by atoms with Gasteiger partial charge in [0.2, 0.25) is 0 Å². The van der Waals surface area contributed by atoms with E-state index in [1.165, 1.54) is 0 Å². The molecule has 0 radical (unpaired) electrons. The van der Waals surface area contributed by atoms with Crippen LogP contribution in [0.4, 0.5) is 22.4 Å². The predicted molar refractivity (Wildman–Crippen MR) is 51.7 cm³/mol. The third-order valence-corrected chi connectivity index (χ3v) is 1.71. The number of hydrazone groups is 1. The maximum atomic E-state index is 13.3. The molecule has 0 saturated heterocycles. The van der Waals surface area contributed by atoms with Gasteiger partial charge < -0.3 is 5.73 Å². The number of amides is 2. The zero-order valence-electron chi connectivity index (χ0n) is 8.25. The Bertz CT molecular complexity index is 456. The molecule has 4 nitrogen and oxygen atoms in total. The largest absolute Gasteiger partial charge is 0.419 e. The minimum absolute atomic E-state index is 0.409. The van der Waals surface area contributed by atoms with Gasteiger partial charge in [-0.3, -0.25) is 0 Å². The van der Waals surface area contributed by atoms with Crippen LogP contribution in [0.15, 0.2) is 23.3 Å². The Morgan fingerprint density at radius 2 is 2.06 bits per heavy atom. The van der Waals surface area contributed by atoms with Crippen LogP contribution in [-0.4, -0.2) is 12.2 Å². The van der Waals surface area contributed by atoms with Gasteiger partial charge in [0.25, 0.3) is 0 Å². The first-order chi connectivity index (χ1) is 7.82. The first-order valence-corrected chi connectivity index (χ1v) is 4.26. The highest BCUT2D eigenvalue weighted by molar-refractivity contribution is 5.82. The van der Waals surface area contributed by atoms with Crippen molar-refractivity contribution in [1.82, 2.24) is 5.43 Å². The van der Waals surface area contributed by atoms with E-state index >= 15 is 0 Å². The predicted octanol–water partition coefficient (Wildman–Crippen LogP) is 1.85. The van der Waals surface area contributed by atoms with Crippen molar-refractivity contribution < 1.29 is 22.4 Å². The highest BCUT2D eigenvalue weighted by Gasteiger charge is 2.34. The third-order valence-electron chi connectivity index (χ3n) is 1.71. The number of urea groups is 1. The average Bonchev–Trinajstić information content (AvgIpc) is 2.18. The van der Waals surface area contributed by atoms with Crippen LogP contribution in [0, 0.1) is 5.82 Å². The average molecular weight is 249 g/mol. The van der Waals surface area contributed by atoms with Gasteiger partial charge in [0.05, 0.1) is 11.8 Å². The molecule has 0 aromatic heterocycles. The van der Waals surface area contributed by atoms with Crippen LogP contribution >= 0.6 is 0 Å². The molecule has 0 fully saturated rings. The van der Waals surface area contributed by atoms with Gasteiger partial charge in [-0.05, 0) is 6.07 Å². The van der Waals surface area contributed by atoms with Crippen molar-refractivity contribution >= 4 is 12.2 Å². The molecule has 0 aliphatic rings. The first-order valence-electron chi connectivity index (χ1n) is 4.26. The van der Waals surface area contributed by atoms with Crippen LogP contribution in [0.2, 0.25) is 0 Å². The molecule has 1 rings (SSSR count). The number of benzene rings is 1.